The fraction of sp³-hybridized carbons (Fsp3) is 0.611. The van der Waals surface area contributed by atoms with Crippen LogP contribution in [0.2, 0.25) is 0 Å². The van der Waals surface area contributed by atoms with Gasteiger partial charge in [0.2, 0.25) is 0 Å². The van der Waals surface area contributed by atoms with Crippen LogP contribution in [-0.4, -0.2) is 24.2 Å². The number of carboxylic acids is 1. The molecule has 1 aromatic carbocycles. The zero-order valence-corrected chi connectivity index (χ0v) is 12.9. The Bertz CT molecular complexity index is 522. The fourth-order valence-corrected chi connectivity index (χ4v) is 4.26. The third-order valence-electron chi connectivity index (χ3n) is 5.52. The number of nitrogens with zero attached hydrogens (tertiary/aromatic N) is 1. The Balaban J connectivity index is 1.79. The van der Waals surface area contributed by atoms with Gasteiger partial charge in [0.1, 0.15) is 0 Å². The Morgan fingerprint density at radius 2 is 1.76 bits per heavy atom. The van der Waals surface area contributed by atoms with E-state index in [1.54, 1.807) is 6.07 Å². The first-order valence-corrected chi connectivity index (χ1v) is 8.19. The monoisotopic (exact) mass is 287 g/mol. The van der Waals surface area contributed by atoms with Crippen molar-refractivity contribution in [1.29, 1.82) is 0 Å². The Kier molecular flexibility index (Phi) is 3.92. The highest BCUT2D eigenvalue weighted by molar-refractivity contribution is 5.95. The molecule has 0 unspecified atom stereocenters. The third kappa shape index (κ3) is 2.78. The second-order valence-electron chi connectivity index (χ2n) is 6.82. The van der Waals surface area contributed by atoms with Gasteiger partial charge in [-0.3, -0.25) is 0 Å². The molecule has 1 aliphatic carbocycles. The number of aryl methyl sites for hydroxylation is 1. The van der Waals surface area contributed by atoms with Gasteiger partial charge in [0.15, 0.2) is 0 Å². The van der Waals surface area contributed by atoms with Crippen molar-refractivity contribution in [2.45, 2.75) is 51.9 Å². The zero-order chi connectivity index (χ0) is 14.9. The molecule has 0 aromatic heterocycles. The van der Waals surface area contributed by atoms with Gasteiger partial charge in [-0.1, -0.05) is 31.4 Å². The molecular formula is C18H25NO2. The Hall–Kier alpha value is -1.51. The van der Waals surface area contributed by atoms with Gasteiger partial charge in [-0.2, -0.15) is 0 Å². The maximum atomic E-state index is 11.5. The molecule has 3 rings (SSSR count). The molecular weight excluding hydrogens is 262 g/mol. The highest BCUT2D eigenvalue weighted by atomic mass is 16.4. The van der Waals surface area contributed by atoms with E-state index >= 15 is 0 Å². The average molecular weight is 287 g/mol. The molecule has 1 aliphatic heterocycles. The lowest BCUT2D eigenvalue weighted by Crippen LogP contribution is -2.42. The van der Waals surface area contributed by atoms with Crippen molar-refractivity contribution in [3.8, 4) is 0 Å². The average Bonchev–Trinajstić information content (AvgIpc) is 2.49. The van der Waals surface area contributed by atoms with Crippen LogP contribution in [0.3, 0.4) is 0 Å². The molecule has 1 heterocycles. The standard InChI is InChI=1S/C18H25NO2/c1-14-6-5-7-15(17(20)21)16(14)19-12-10-18(11-13-19)8-3-2-4-9-18/h5-7H,2-4,8-13H2,1H3,(H,20,21). The smallest absolute Gasteiger partial charge is 0.337 e. The third-order valence-corrected chi connectivity index (χ3v) is 5.52. The zero-order valence-electron chi connectivity index (χ0n) is 12.9. The van der Waals surface area contributed by atoms with Gasteiger partial charge >= 0.3 is 5.97 Å². The van der Waals surface area contributed by atoms with Crippen molar-refractivity contribution in [1.82, 2.24) is 0 Å². The molecule has 2 aliphatic rings. The molecule has 3 heteroatoms. The largest absolute Gasteiger partial charge is 0.478 e. The minimum atomic E-state index is -0.813. The lowest BCUT2D eigenvalue weighted by molar-refractivity contribution is 0.0697. The van der Waals surface area contributed by atoms with Gasteiger partial charge in [-0.15, -0.1) is 0 Å². The summed E-state index contributed by atoms with van der Waals surface area (Å²) in [7, 11) is 0. The molecule has 0 bridgehead atoms. The first kappa shape index (κ1) is 14.4. The first-order valence-electron chi connectivity index (χ1n) is 8.19. The molecule has 1 spiro atoms. The molecule has 1 saturated heterocycles. The van der Waals surface area contributed by atoms with Crippen LogP contribution in [-0.2, 0) is 0 Å². The maximum Gasteiger partial charge on any atom is 0.337 e. The number of aromatic carboxylic acids is 1. The van der Waals surface area contributed by atoms with Gasteiger partial charge in [-0.05, 0) is 49.7 Å². The van der Waals surface area contributed by atoms with Crippen molar-refractivity contribution in [2.75, 3.05) is 18.0 Å². The molecule has 0 amide bonds. The Labute approximate surface area is 127 Å². The van der Waals surface area contributed by atoms with E-state index in [2.05, 4.69) is 4.90 Å². The number of benzene rings is 1. The van der Waals surface area contributed by atoms with Crippen molar-refractivity contribution < 1.29 is 9.90 Å². The number of carboxylic acid groups (broad SMARTS) is 1. The van der Waals surface area contributed by atoms with E-state index in [1.165, 1.54) is 44.9 Å². The van der Waals surface area contributed by atoms with Crippen molar-refractivity contribution in [3.63, 3.8) is 0 Å². The summed E-state index contributed by atoms with van der Waals surface area (Å²) in [5.74, 6) is -0.813. The molecule has 114 valence electrons. The van der Waals surface area contributed by atoms with Gasteiger partial charge in [0.25, 0.3) is 0 Å². The van der Waals surface area contributed by atoms with Gasteiger partial charge in [0, 0.05) is 13.1 Å². The maximum absolute atomic E-state index is 11.5. The quantitative estimate of drug-likeness (QED) is 0.884. The summed E-state index contributed by atoms with van der Waals surface area (Å²) in [6.07, 6.45) is 9.35. The second kappa shape index (κ2) is 5.70. The van der Waals surface area contributed by atoms with Crippen LogP contribution in [0.15, 0.2) is 18.2 Å². The predicted molar refractivity (Wildman–Crippen MR) is 85.1 cm³/mol. The predicted octanol–water partition coefficient (Wildman–Crippen LogP) is 4.24. The number of piperidine rings is 1. The minimum Gasteiger partial charge on any atom is -0.478 e. The summed E-state index contributed by atoms with van der Waals surface area (Å²) in [6.45, 7) is 4.03. The SMILES string of the molecule is Cc1cccc(C(=O)O)c1N1CCC2(CCCCC2)CC1. The van der Waals surface area contributed by atoms with E-state index in [1.807, 2.05) is 19.1 Å². The number of para-hydroxylation sites is 1. The van der Waals surface area contributed by atoms with Crippen LogP contribution in [0.25, 0.3) is 0 Å². The van der Waals surface area contributed by atoms with Gasteiger partial charge in [0.05, 0.1) is 11.3 Å². The van der Waals surface area contributed by atoms with E-state index in [4.69, 9.17) is 0 Å². The highest BCUT2D eigenvalue weighted by Gasteiger charge is 2.36. The topological polar surface area (TPSA) is 40.5 Å². The molecule has 1 aromatic rings. The van der Waals surface area contributed by atoms with Crippen LogP contribution in [0.5, 0.6) is 0 Å². The number of anilines is 1. The van der Waals surface area contributed by atoms with Crippen LogP contribution in [0.1, 0.15) is 60.9 Å². The summed E-state index contributed by atoms with van der Waals surface area (Å²) in [5.41, 5.74) is 3.03. The minimum absolute atomic E-state index is 0.453. The second-order valence-corrected chi connectivity index (χ2v) is 6.82. The number of rotatable bonds is 2. The normalized spacial score (nSPS) is 21.5. The number of carbonyl (C=O) groups is 1. The number of hydrogen-bond acceptors (Lipinski definition) is 2. The molecule has 1 saturated carbocycles. The molecule has 0 radical (unpaired) electrons. The molecule has 1 N–H and O–H groups in total. The van der Waals surface area contributed by atoms with Crippen molar-refractivity contribution >= 4 is 11.7 Å². The summed E-state index contributed by atoms with van der Waals surface area (Å²) >= 11 is 0. The van der Waals surface area contributed by atoms with Crippen LogP contribution in [0.4, 0.5) is 5.69 Å². The van der Waals surface area contributed by atoms with Crippen LogP contribution >= 0.6 is 0 Å². The van der Waals surface area contributed by atoms with Crippen LogP contribution < -0.4 is 4.90 Å². The molecule has 0 atom stereocenters. The first-order chi connectivity index (χ1) is 10.1. The van der Waals surface area contributed by atoms with E-state index in [0.29, 0.717) is 11.0 Å². The van der Waals surface area contributed by atoms with Gasteiger partial charge in [-0.25, -0.2) is 4.79 Å². The Morgan fingerprint density at radius 3 is 2.38 bits per heavy atom. The Morgan fingerprint density at radius 1 is 1.10 bits per heavy atom. The van der Waals surface area contributed by atoms with Crippen LogP contribution in [0, 0.1) is 12.3 Å². The molecule has 3 nitrogen and oxygen atoms in total. The van der Waals surface area contributed by atoms with E-state index in [0.717, 1.165) is 24.3 Å². The molecule has 2 fully saturated rings. The van der Waals surface area contributed by atoms with E-state index in [9.17, 15) is 9.90 Å². The highest BCUT2D eigenvalue weighted by Crippen LogP contribution is 2.45. The molecule has 21 heavy (non-hydrogen) atoms. The summed E-state index contributed by atoms with van der Waals surface area (Å²) in [6, 6.07) is 5.59. The summed E-state index contributed by atoms with van der Waals surface area (Å²) in [5, 5.41) is 9.44. The lowest BCUT2D eigenvalue weighted by Gasteiger charge is -2.45. The summed E-state index contributed by atoms with van der Waals surface area (Å²) < 4.78 is 0. The van der Waals surface area contributed by atoms with E-state index < -0.39 is 5.97 Å². The fourth-order valence-electron chi connectivity index (χ4n) is 4.26. The van der Waals surface area contributed by atoms with Crippen molar-refractivity contribution in [3.05, 3.63) is 29.3 Å². The van der Waals surface area contributed by atoms with Gasteiger partial charge < -0.3 is 10.0 Å². The summed E-state index contributed by atoms with van der Waals surface area (Å²) in [4.78, 5) is 13.8. The van der Waals surface area contributed by atoms with E-state index in [-0.39, 0.29) is 0 Å². The number of hydrogen-bond donors (Lipinski definition) is 1. The van der Waals surface area contributed by atoms with Crippen molar-refractivity contribution in [2.24, 2.45) is 5.41 Å². The lowest BCUT2D eigenvalue weighted by atomic mass is 9.68.